The number of pyridine rings is 1. The Hall–Kier alpha value is -2.55. The van der Waals surface area contributed by atoms with Crippen molar-refractivity contribution in [1.29, 1.82) is 0 Å². The van der Waals surface area contributed by atoms with Crippen LogP contribution in [0.4, 0.5) is 0 Å². The van der Waals surface area contributed by atoms with E-state index in [-0.39, 0.29) is 10.6 Å². The number of hydrogen-bond donors (Lipinski definition) is 0. The zero-order chi connectivity index (χ0) is 19.7. The number of hydrogen-bond acceptors (Lipinski definition) is 7. The van der Waals surface area contributed by atoms with Gasteiger partial charge >= 0.3 is 0 Å². The predicted octanol–water partition coefficient (Wildman–Crippen LogP) is 4.39. The smallest absolute Gasteiger partial charge is 0.185 e. The van der Waals surface area contributed by atoms with E-state index in [0.29, 0.717) is 21.3 Å². The largest absolute Gasteiger partial charge is 0.496 e. The van der Waals surface area contributed by atoms with E-state index >= 15 is 0 Å². The van der Waals surface area contributed by atoms with Gasteiger partial charge in [-0.3, -0.25) is 4.98 Å². The molecule has 0 aliphatic carbocycles. The molecule has 4 rings (SSSR count). The van der Waals surface area contributed by atoms with Gasteiger partial charge in [0.1, 0.15) is 22.0 Å². The van der Waals surface area contributed by atoms with Crippen molar-refractivity contribution in [2.45, 2.75) is 10.6 Å². The molecule has 0 atom stereocenters. The van der Waals surface area contributed by atoms with Crippen LogP contribution in [-0.4, -0.2) is 30.7 Å². The van der Waals surface area contributed by atoms with Gasteiger partial charge in [0.25, 0.3) is 0 Å². The van der Waals surface area contributed by atoms with Crippen LogP contribution in [0.25, 0.3) is 22.0 Å². The quantitative estimate of drug-likeness (QED) is 0.466. The number of fused-ring (bicyclic) bond motifs is 1. The second kappa shape index (κ2) is 7.46. The second-order valence-electron chi connectivity index (χ2n) is 5.97. The lowest BCUT2D eigenvalue weighted by molar-refractivity contribution is 0.416. The summed E-state index contributed by atoms with van der Waals surface area (Å²) in [6, 6.07) is 12.2. The van der Waals surface area contributed by atoms with Gasteiger partial charge in [-0.2, -0.15) is 0 Å². The topological polar surface area (TPSA) is 82.0 Å². The number of nitrogens with zero attached hydrogens (tertiary/aromatic N) is 3. The highest BCUT2D eigenvalue weighted by molar-refractivity contribution is 7.90. The minimum absolute atomic E-state index is 0.187. The van der Waals surface area contributed by atoms with Gasteiger partial charge in [-0.05, 0) is 42.0 Å². The summed E-state index contributed by atoms with van der Waals surface area (Å²) >= 11 is 7.27. The van der Waals surface area contributed by atoms with Crippen LogP contribution >= 0.6 is 22.9 Å². The molecule has 0 N–H and O–H groups in total. The Morgan fingerprint density at radius 2 is 1.96 bits per heavy atom. The monoisotopic (exact) mass is 431 g/mol. The number of methoxy groups -OCH3 is 1. The number of sulfone groups is 1. The van der Waals surface area contributed by atoms with Crippen molar-refractivity contribution in [2.75, 3.05) is 7.11 Å². The van der Waals surface area contributed by atoms with Crippen molar-refractivity contribution in [3.05, 3.63) is 64.2 Å². The molecule has 9 heteroatoms. The summed E-state index contributed by atoms with van der Waals surface area (Å²) < 4.78 is 30.9. The van der Waals surface area contributed by atoms with Crippen LogP contribution < -0.4 is 4.74 Å². The molecule has 0 fully saturated rings. The summed E-state index contributed by atoms with van der Waals surface area (Å²) in [6.07, 6.45) is 1.65. The molecular weight excluding hydrogens is 418 g/mol. The van der Waals surface area contributed by atoms with Crippen molar-refractivity contribution in [3.8, 4) is 16.9 Å². The molecule has 0 aliphatic rings. The fourth-order valence-corrected chi connectivity index (χ4v) is 5.27. The van der Waals surface area contributed by atoms with Crippen molar-refractivity contribution in [2.24, 2.45) is 0 Å². The maximum absolute atomic E-state index is 12.7. The molecule has 2 aromatic carbocycles. The number of aromatic nitrogens is 3. The van der Waals surface area contributed by atoms with Crippen LogP contribution in [0, 0.1) is 0 Å². The van der Waals surface area contributed by atoms with E-state index in [0.717, 1.165) is 16.5 Å². The summed E-state index contributed by atoms with van der Waals surface area (Å²) in [6.45, 7) is 0. The van der Waals surface area contributed by atoms with E-state index in [4.69, 9.17) is 16.3 Å². The molecule has 2 heterocycles. The van der Waals surface area contributed by atoms with Gasteiger partial charge in [0.05, 0.1) is 17.5 Å². The fraction of sp³-hybridized carbons (Fsp3) is 0.105. The first kappa shape index (κ1) is 18.8. The van der Waals surface area contributed by atoms with E-state index in [2.05, 4.69) is 15.2 Å². The third kappa shape index (κ3) is 3.58. The van der Waals surface area contributed by atoms with Crippen molar-refractivity contribution in [3.63, 3.8) is 0 Å². The van der Waals surface area contributed by atoms with Crippen molar-refractivity contribution >= 4 is 43.7 Å². The van der Waals surface area contributed by atoms with Crippen LogP contribution in [0.2, 0.25) is 5.02 Å². The van der Waals surface area contributed by atoms with E-state index in [1.54, 1.807) is 43.6 Å². The molecule has 0 amide bonds. The first-order chi connectivity index (χ1) is 13.5. The van der Waals surface area contributed by atoms with Crippen LogP contribution in [0.3, 0.4) is 0 Å². The average molecular weight is 432 g/mol. The molecule has 28 heavy (non-hydrogen) atoms. The minimum atomic E-state index is -3.54. The molecule has 0 aliphatic heterocycles. The van der Waals surface area contributed by atoms with Crippen molar-refractivity contribution in [1.82, 2.24) is 15.2 Å². The van der Waals surface area contributed by atoms with Gasteiger partial charge in [-0.15, -0.1) is 21.5 Å². The van der Waals surface area contributed by atoms with E-state index in [9.17, 15) is 8.42 Å². The van der Waals surface area contributed by atoms with Crippen LogP contribution in [0.5, 0.6) is 5.75 Å². The summed E-state index contributed by atoms with van der Waals surface area (Å²) in [4.78, 5) is 4.55. The molecule has 142 valence electrons. The third-order valence-electron chi connectivity index (χ3n) is 4.25. The molecule has 0 unspecified atom stereocenters. The molecule has 0 saturated carbocycles. The van der Waals surface area contributed by atoms with E-state index in [1.165, 1.54) is 16.8 Å². The highest BCUT2D eigenvalue weighted by Crippen LogP contribution is 2.36. The summed E-state index contributed by atoms with van der Waals surface area (Å²) in [5.74, 6) is 0.446. The van der Waals surface area contributed by atoms with Gasteiger partial charge in [0.2, 0.25) is 0 Å². The highest BCUT2D eigenvalue weighted by atomic mass is 35.5. The number of ether oxygens (including phenoxy) is 1. The minimum Gasteiger partial charge on any atom is -0.496 e. The lowest BCUT2D eigenvalue weighted by Crippen LogP contribution is -2.05. The number of halogens is 1. The lowest BCUT2D eigenvalue weighted by Gasteiger charge is -2.12. The second-order valence-corrected chi connectivity index (χ2v) is 9.32. The maximum atomic E-state index is 12.7. The van der Waals surface area contributed by atoms with Crippen LogP contribution in [-0.2, 0) is 15.6 Å². The van der Waals surface area contributed by atoms with Crippen LogP contribution in [0.1, 0.15) is 5.01 Å². The Labute approximate surface area is 170 Å². The van der Waals surface area contributed by atoms with Gasteiger partial charge < -0.3 is 4.74 Å². The summed E-state index contributed by atoms with van der Waals surface area (Å²) in [7, 11) is -1.96. The first-order valence-corrected chi connectivity index (χ1v) is 11.1. The van der Waals surface area contributed by atoms with E-state index < -0.39 is 9.84 Å². The predicted molar refractivity (Wildman–Crippen MR) is 110 cm³/mol. The molecule has 2 aromatic heterocycles. The zero-order valence-electron chi connectivity index (χ0n) is 14.7. The standard InChI is InChI=1S/C19H14ClN3O3S2/c1-26-18-8-12(20)2-4-16(18)14-6-7-21-17-9-13(3-5-15(14)17)28(24,25)10-19-23-22-11-27-19/h2-9,11H,10H2,1H3. The Morgan fingerprint density at radius 3 is 2.71 bits per heavy atom. The molecule has 6 nitrogen and oxygen atoms in total. The molecule has 0 radical (unpaired) electrons. The maximum Gasteiger partial charge on any atom is 0.185 e. The van der Waals surface area contributed by atoms with Gasteiger partial charge in [0.15, 0.2) is 9.84 Å². The normalized spacial score (nSPS) is 11.6. The van der Waals surface area contributed by atoms with Gasteiger partial charge in [-0.25, -0.2) is 8.42 Å². The molecule has 0 bridgehead atoms. The number of benzene rings is 2. The first-order valence-electron chi connectivity index (χ1n) is 8.18. The highest BCUT2D eigenvalue weighted by Gasteiger charge is 2.19. The Balaban J connectivity index is 1.81. The summed E-state index contributed by atoms with van der Waals surface area (Å²) in [5, 5.41) is 9.35. The fourth-order valence-electron chi connectivity index (χ4n) is 2.95. The Kier molecular flexibility index (Phi) is 5.01. The van der Waals surface area contributed by atoms with Crippen LogP contribution in [0.15, 0.2) is 59.1 Å². The van der Waals surface area contributed by atoms with Gasteiger partial charge in [0, 0.05) is 22.2 Å². The Bertz CT molecular complexity index is 1260. The Morgan fingerprint density at radius 1 is 1.11 bits per heavy atom. The number of rotatable bonds is 5. The van der Waals surface area contributed by atoms with Crippen molar-refractivity contribution < 1.29 is 13.2 Å². The zero-order valence-corrected chi connectivity index (χ0v) is 17.1. The molecule has 0 saturated heterocycles. The summed E-state index contributed by atoms with van der Waals surface area (Å²) in [5.41, 5.74) is 3.82. The molecular formula is C19H14ClN3O3S2. The average Bonchev–Trinajstić information content (AvgIpc) is 3.19. The molecule has 0 spiro atoms. The lowest BCUT2D eigenvalue weighted by atomic mass is 10.0. The van der Waals surface area contributed by atoms with Gasteiger partial charge in [-0.1, -0.05) is 17.7 Å². The third-order valence-corrected chi connectivity index (χ3v) is 6.99. The molecule has 4 aromatic rings. The SMILES string of the molecule is COc1cc(Cl)ccc1-c1ccnc2cc(S(=O)(=O)Cc3nncs3)ccc12. The van der Waals surface area contributed by atoms with E-state index in [1.807, 2.05) is 12.1 Å².